The van der Waals surface area contributed by atoms with Crippen LogP contribution in [0.5, 0.6) is 0 Å². The van der Waals surface area contributed by atoms with Crippen molar-refractivity contribution in [3.63, 3.8) is 0 Å². The summed E-state index contributed by atoms with van der Waals surface area (Å²) in [4.78, 5) is 31.9. The lowest BCUT2D eigenvalue weighted by atomic mass is 9.90. The smallest absolute Gasteiger partial charge is 0.311 e. The maximum atomic E-state index is 12.5. The Morgan fingerprint density at radius 2 is 1.95 bits per heavy atom. The summed E-state index contributed by atoms with van der Waals surface area (Å²) >= 11 is 0. The van der Waals surface area contributed by atoms with E-state index < -0.39 is 11.4 Å². The molecular formula is C16H21N3O3. The van der Waals surface area contributed by atoms with Crippen molar-refractivity contribution in [2.45, 2.75) is 26.2 Å². The summed E-state index contributed by atoms with van der Waals surface area (Å²) in [5.74, 6) is -0.0680. The molecule has 0 aliphatic carbocycles. The number of carbonyl (C=O) groups excluding carboxylic acids is 1. The van der Waals surface area contributed by atoms with Crippen LogP contribution in [-0.4, -0.2) is 53.0 Å². The van der Waals surface area contributed by atoms with Gasteiger partial charge >= 0.3 is 5.97 Å². The van der Waals surface area contributed by atoms with Crippen molar-refractivity contribution >= 4 is 17.7 Å². The van der Waals surface area contributed by atoms with Gasteiger partial charge in [-0.1, -0.05) is 0 Å². The molecule has 0 saturated carbocycles. The largest absolute Gasteiger partial charge is 0.481 e. The van der Waals surface area contributed by atoms with Gasteiger partial charge < -0.3 is 14.9 Å². The zero-order valence-corrected chi connectivity index (χ0v) is 12.8. The lowest BCUT2D eigenvalue weighted by Gasteiger charge is -2.20. The zero-order chi connectivity index (χ0) is 15.7. The number of pyridine rings is 1. The third kappa shape index (κ3) is 2.65. The van der Waals surface area contributed by atoms with Crippen LogP contribution in [0.25, 0.3) is 0 Å². The van der Waals surface area contributed by atoms with E-state index in [2.05, 4.69) is 9.88 Å². The SMILES string of the molecule is CC1(C(=O)O)CCN(C(=O)c2ccc(N3CCCC3)nc2)C1. The number of carboxylic acid groups (broad SMARTS) is 1. The molecule has 0 bridgehead atoms. The molecule has 1 N–H and O–H groups in total. The number of aromatic nitrogens is 1. The number of carboxylic acids is 1. The van der Waals surface area contributed by atoms with Crippen LogP contribution in [0.4, 0.5) is 5.82 Å². The minimum atomic E-state index is -0.842. The van der Waals surface area contributed by atoms with Gasteiger partial charge in [0.15, 0.2) is 0 Å². The number of rotatable bonds is 3. The highest BCUT2D eigenvalue weighted by Gasteiger charge is 2.42. The van der Waals surface area contributed by atoms with Gasteiger partial charge in [-0.3, -0.25) is 9.59 Å². The van der Waals surface area contributed by atoms with Crippen LogP contribution >= 0.6 is 0 Å². The molecule has 6 heteroatoms. The summed E-state index contributed by atoms with van der Waals surface area (Å²) in [6.07, 6.45) is 4.47. The van der Waals surface area contributed by atoms with Crippen LogP contribution < -0.4 is 4.90 Å². The molecule has 22 heavy (non-hydrogen) atoms. The van der Waals surface area contributed by atoms with E-state index in [0.717, 1.165) is 18.9 Å². The van der Waals surface area contributed by atoms with Gasteiger partial charge in [-0.05, 0) is 38.3 Å². The van der Waals surface area contributed by atoms with E-state index in [1.807, 2.05) is 6.07 Å². The van der Waals surface area contributed by atoms with Gasteiger partial charge in [-0.15, -0.1) is 0 Å². The molecule has 0 radical (unpaired) electrons. The fourth-order valence-electron chi connectivity index (χ4n) is 3.14. The number of hydrogen-bond acceptors (Lipinski definition) is 4. The molecule has 1 amide bonds. The Bertz CT molecular complexity index is 581. The number of likely N-dealkylation sites (tertiary alicyclic amines) is 1. The first-order valence-electron chi connectivity index (χ1n) is 7.73. The minimum Gasteiger partial charge on any atom is -0.481 e. The van der Waals surface area contributed by atoms with Gasteiger partial charge in [0, 0.05) is 32.4 Å². The second-order valence-electron chi connectivity index (χ2n) is 6.44. The topological polar surface area (TPSA) is 73.7 Å². The maximum Gasteiger partial charge on any atom is 0.311 e. The Labute approximate surface area is 129 Å². The Hall–Kier alpha value is -2.11. The summed E-state index contributed by atoms with van der Waals surface area (Å²) in [5.41, 5.74) is -0.309. The maximum absolute atomic E-state index is 12.5. The first-order chi connectivity index (χ1) is 10.5. The molecule has 3 heterocycles. The van der Waals surface area contributed by atoms with Crippen LogP contribution in [0, 0.1) is 5.41 Å². The van der Waals surface area contributed by atoms with E-state index in [1.54, 1.807) is 24.1 Å². The highest BCUT2D eigenvalue weighted by Crippen LogP contribution is 2.31. The van der Waals surface area contributed by atoms with Crippen LogP contribution in [0.2, 0.25) is 0 Å². The molecule has 1 aromatic rings. The fourth-order valence-corrected chi connectivity index (χ4v) is 3.14. The number of aliphatic carboxylic acids is 1. The second kappa shape index (κ2) is 5.59. The van der Waals surface area contributed by atoms with Crippen molar-refractivity contribution in [2.24, 2.45) is 5.41 Å². The van der Waals surface area contributed by atoms with Gasteiger partial charge in [-0.2, -0.15) is 0 Å². The third-order valence-corrected chi connectivity index (χ3v) is 4.70. The van der Waals surface area contributed by atoms with E-state index in [1.165, 1.54) is 12.8 Å². The predicted octanol–water partition coefficient (Wildman–Crippen LogP) is 1.62. The number of amides is 1. The molecule has 1 aromatic heterocycles. The van der Waals surface area contributed by atoms with Crippen molar-refractivity contribution in [3.8, 4) is 0 Å². The summed E-state index contributed by atoms with van der Waals surface area (Å²) in [6.45, 7) is 4.47. The van der Waals surface area contributed by atoms with Crippen LogP contribution in [0.1, 0.15) is 36.5 Å². The standard InChI is InChI=1S/C16H21N3O3/c1-16(15(21)22)6-9-19(11-16)14(20)12-4-5-13(17-10-12)18-7-2-3-8-18/h4-5,10H,2-3,6-9,11H2,1H3,(H,21,22). The Kier molecular flexibility index (Phi) is 3.76. The van der Waals surface area contributed by atoms with Gasteiger partial charge in [0.25, 0.3) is 5.91 Å². The molecular weight excluding hydrogens is 282 g/mol. The molecule has 0 spiro atoms. The second-order valence-corrected chi connectivity index (χ2v) is 6.44. The lowest BCUT2D eigenvalue weighted by Crippen LogP contribution is -2.35. The quantitative estimate of drug-likeness (QED) is 0.918. The van der Waals surface area contributed by atoms with Gasteiger partial charge in [0.2, 0.25) is 0 Å². The molecule has 2 fully saturated rings. The molecule has 2 aliphatic heterocycles. The van der Waals surface area contributed by atoms with Crippen LogP contribution in [0.3, 0.4) is 0 Å². The Balaban J connectivity index is 1.69. The zero-order valence-electron chi connectivity index (χ0n) is 12.8. The van der Waals surface area contributed by atoms with Gasteiger partial charge in [0.1, 0.15) is 5.82 Å². The first-order valence-corrected chi connectivity index (χ1v) is 7.73. The van der Waals surface area contributed by atoms with Crippen molar-refractivity contribution < 1.29 is 14.7 Å². The molecule has 2 aliphatic rings. The summed E-state index contributed by atoms with van der Waals surface area (Å²) < 4.78 is 0. The van der Waals surface area contributed by atoms with Gasteiger partial charge in [-0.25, -0.2) is 4.98 Å². The van der Waals surface area contributed by atoms with Crippen LogP contribution in [0.15, 0.2) is 18.3 Å². The number of anilines is 1. The van der Waals surface area contributed by atoms with Crippen LogP contribution in [-0.2, 0) is 4.79 Å². The Morgan fingerprint density at radius 1 is 1.23 bits per heavy atom. The minimum absolute atomic E-state index is 0.134. The average molecular weight is 303 g/mol. The highest BCUT2D eigenvalue weighted by molar-refractivity contribution is 5.95. The number of nitrogens with zero attached hydrogens (tertiary/aromatic N) is 3. The number of hydrogen-bond donors (Lipinski definition) is 1. The van der Waals surface area contributed by atoms with E-state index in [9.17, 15) is 14.7 Å². The summed E-state index contributed by atoms with van der Waals surface area (Å²) in [7, 11) is 0. The van der Waals surface area contributed by atoms with Gasteiger partial charge in [0.05, 0.1) is 11.0 Å². The fraction of sp³-hybridized carbons (Fsp3) is 0.562. The molecule has 6 nitrogen and oxygen atoms in total. The highest BCUT2D eigenvalue weighted by atomic mass is 16.4. The summed E-state index contributed by atoms with van der Waals surface area (Å²) in [5, 5.41) is 9.24. The monoisotopic (exact) mass is 303 g/mol. The first kappa shape index (κ1) is 14.8. The Morgan fingerprint density at radius 3 is 2.50 bits per heavy atom. The lowest BCUT2D eigenvalue weighted by molar-refractivity contribution is -0.147. The average Bonchev–Trinajstić information content (AvgIpc) is 3.17. The predicted molar refractivity (Wildman–Crippen MR) is 81.9 cm³/mol. The van der Waals surface area contributed by atoms with E-state index in [4.69, 9.17) is 0 Å². The molecule has 1 atom stereocenters. The van der Waals surface area contributed by atoms with Crippen molar-refractivity contribution in [1.29, 1.82) is 0 Å². The summed E-state index contributed by atoms with van der Waals surface area (Å²) in [6, 6.07) is 3.67. The molecule has 2 saturated heterocycles. The van der Waals surface area contributed by atoms with Crippen molar-refractivity contribution in [3.05, 3.63) is 23.9 Å². The van der Waals surface area contributed by atoms with E-state index in [0.29, 0.717) is 18.5 Å². The molecule has 0 aromatic carbocycles. The van der Waals surface area contributed by atoms with Crippen molar-refractivity contribution in [2.75, 3.05) is 31.1 Å². The molecule has 3 rings (SSSR count). The van der Waals surface area contributed by atoms with E-state index in [-0.39, 0.29) is 12.5 Å². The number of carbonyl (C=O) groups is 2. The normalized spacial score (nSPS) is 24.8. The van der Waals surface area contributed by atoms with Crippen molar-refractivity contribution in [1.82, 2.24) is 9.88 Å². The third-order valence-electron chi connectivity index (χ3n) is 4.70. The van der Waals surface area contributed by atoms with E-state index >= 15 is 0 Å². The molecule has 118 valence electrons. The molecule has 1 unspecified atom stereocenters.